The molecule has 0 spiro atoms. The van der Waals surface area contributed by atoms with Gasteiger partial charge in [-0.15, -0.1) is 0 Å². The molecular weight excluding hydrogens is 360 g/mol. The van der Waals surface area contributed by atoms with E-state index < -0.39 is 29.7 Å². The van der Waals surface area contributed by atoms with Crippen molar-refractivity contribution in [2.45, 2.75) is 96.8 Å². The summed E-state index contributed by atoms with van der Waals surface area (Å²) in [5, 5.41) is 27.7. The van der Waals surface area contributed by atoms with E-state index in [4.69, 9.17) is 5.11 Å². The standard InChI is InChI=1S/C22H38O6/c1-2-3-4-5-7-10-13-16-17(20(22(27)28)19(16)21(25)26)14-11-8-6-9-12-15-18(23)24/h16-17,19-20H,2-15H2,1H3,(H,23,24)(H,25,26)(H,27,28). The van der Waals surface area contributed by atoms with Gasteiger partial charge in [-0.3, -0.25) is 14.4 Å². The zero-order valence-electron chi connectivity index (χ0n) is 17.3. The summed E-state index contributed by atoms with van der Waals surface area (Å²) in [4.78, 5) is 33.7. The van der Waals surface area contributed by atoms with Crippen molar-refractivity contribution in [3.8, 4) is 0 Å². The minimum absolute atomic E-state index is 0.0169. The van der Waals surface area contributed by atoms with E-state index in [0.717, 1.165) is 51.4 Å². The van der Waals surface area contributed by atoms with E-state index in [1.165, 1.54) is 25.7 Å². The van der Waals surface area contributed by atoms with Crippen LogP contribution in [-0.4, -0.2) is 33.2 Å². The van der Waals surface area contributed by atoms with Crippen LogP contribution in [0.1, 0.15) is 96.8 Å². The van der Waals surface area contributed by atoms with Crippen LogP contribution in [-0.2, 0) is 14.4 Å². The molecule has 0 radical (unpaired) electrons. The van der Waals surface area contributed by atoms with E-state index in [-0.39, 0.29) is 18.3 Å². The molecule has 0 saturated heterocycles. The molecule has 4 unspecified atom stereocenters. The van der Waals surface area contributed by atoms with Crippen LogP contribution in [0.4, 0.5) is 0 Å². The van der Waals surface area contributed by atoms with Crippen LogP contribution >= 0.6 is 0 Å². The summed E-state index contributed by atoms with van der Waals surface area (Å²) in [6.07, 6.45) is 13.0. The van der Waals surface area contributed by atoms with Crippen molar-refractivity contribution >= 4 is 17.9 Å². The zero-order valence-corrected chi connectivity index (χ0v) is 17.3. The van der Waals surface area contributed by atoms with Crippen molar-refractivity contribution in [1.29, 1.82) is 0 Å². The van der Waals surface area contributed by atoms with Gasteiger partial charge in [-0.25, -0.2) is 0 Å². The minimum atomic E-state index is -0.974. The molecule has 0 aromatic carbocycles. The van der Waals surface area contributed by atoms with E-state index in [0.29, 0.717) is 6.42 Å². The lowest BCUT2D eigenvalue weighted by atomic mass is 9.54. The van der Waals surface area contributed by atoms with Crippen molar-refractivity contribution in [3.63, 3.8) is 0 Å². The summed E-state index contributed by atoms with van der Waals surface area (Å²) in [7, 11) is 0. The van der Waals surface area contributed by atoms with E-state index in [9.17, 15) is 24.6 Å². The molecule has 0 amide bonds. The summed E-state index contributed by atoms with van der Waals surface area (Å²) in [6, 6.07) is 0. The number of aliphatic carboxylic acids is 3. The fraction of sp³-hybridized carbons (Fsp3) is 0.864. The lowest BCUT2D eigenvalue weighted by Crippen LogP contribution is -2.54. The normalized spacial score (nSPS) is 23.9. The van der Waals surface area contributed by atoms with Crippen LogP contribution < -0.4 is 0 Å². The van der Waals surface area contributed by atoms with Gasteiger partial charge in [0, 0.05) is 6.42 Å². The second-order valence-electron chi connectivity index (χ2n) is 8.31. The monoisotopic (exact) mass is 398 g/mol. The van der Waals surface area contributed by atoms with Gasteiger partial charge in [0.05, 0.1) is 11.8 Å². The average molecular weight is 399 g/mol. The second kappa shape index (κ2) is 13.6. The SMILES string of the molecule is CCCCCCCCC1C(CCCCCCCC(=O)O)C(C(=O)O)C1C(=O)O. The molecule has 0 aromatic rings. The van der Waals surface area contributed by atoms with Crippen LogP contribution in [0, 0.1) is 23.7 Å². The van der Waals surface area contributed by atoms with Gasteiger partial charge in [0.1, 0.15) is 0 Å². The van der Waals surface area contributed by atoms with Crippen molar-refractivity contribution in [3.05, 3.63) is 0 Å². The van der Waals surface area contributed by atoms with Crippen LogP contribution in [0.3, 0.4) is 0 Å². The Hall–Kier alpha value is -1.59. The largest absolute Gasteiger partial charge is 0.481 e. The Morgan fingerprint density at radius 3 is 1.39 bits per heavy atom. The van der Waals surface area contributed by atoms with Crippen molar-refractivity contribution in [1.82, 2.24) is 0 Å². The quantitative estimate of drug-likeness (QED) is 0.290. The Morgan fingerprint density at radius 2 is 1.00 bits per heavy atom. The Balaban J connectivity index is 2.42. The third-order valence-corrected chi connectivity index (χ3v) is 6.25. The minimum Gasteiger partial charge on any atom is -0.481 e. The highest BCUT2D eigenvalue weighted by molar-refractivity contribution is 5.82. The Bertz CT molecular complexity index is 489. The fourth-order valence-electron chi connectivity index (χ4n) is 4.73. The van der Waals surface area contributed by atoms with Gasteiger partial charge >= 0.3 is 17.9 Å². The zero-order chi connectivity index (χ0) is 20.9. The van der Waals surface area contributed by atoms with E-state index >= 15 is 0 Å². The van der Waals surface area contributed by atoms with Crippen molar-refractivity contribution < 1.29 is 29.7 Å². The number of hydrogen-bond acceptors (Lipinski definition) is 3. The Morgan fingerprint density at radius 1 is 0.607 bits per heavy atom. The number of unbranched alkanes of at least 4 members (excludes halogenated alkanes) is 9. The van der Waals surface area contributed by atoms with Gasteiger partial charge in [0.2, 0.25) is 0 Å². The molecule has 4 atom stereocenters. The summed E-state index contributed by atoms with van der Waals surface area (Å²) < 4.78 is 0. The van der Waals surface area contributed by atoms with Crippen molar-refractivity contribution in [2.75, 3.05) is 0 Å². The topological polar surface area (TPSA) is 112 Å². The first-order valence-electron chi connectivity index (χ1n) is 11.1. The van der Waals surface area contributed by atoms with Gasteiger partial charge in [-0.05, 0) is 31.1 Å². The molecule has 1 rings (SSSR count). The molecule has 28 heavy (non-hydrogen) atoms. The predicted molar refractivity (Wildman–Crippen MR) is 107 cm³/mol. The molecule has 1 saturated carbocycles. The first-order valence-corrected chi connectivity index (χ1v) is 11.1. The van der Waals surface area contributed by atoms with E-state index in [2.05, 4.69) is 6.92 Å². The third kappa shape index (κ3) is 8.19. The number of hydrogen-bond donors (Lipinski definition) is 3. The molecule has 1 fully saturated rings. The maximum Gasteiger partial charge on any atom is 0.307 e. The van der Waals surface area contributed by atoms with Gasteiger partial charge in [0.25, 0.3) is 0 Å². The summed E-state index contributed by atoms with van der Waals surface area (Å²) in [5.74, 6) is -4.25. The Labute approximate surface area is 168 Å². The molecule has 0 bridgehead atoms. The van der Waals surface area contributed by atoms with Gasteiger partial charge in [-0.1, -0.05) is 71.1 Å². The number of carboxylic acid groups (broad SMARTS) is 3. The number of carbonyl (C=O) groups is 3. The van der Waals surface area contributed by atoms with E-state index in [1.807, 2.05) is 0 Å². The summed E-state index contributed by atoms with van der Waals surface area (Å²) >= 11 is 0. The van der Waals surface area contributed by atoms with Gasteiger partial charge in [-0.2, -0.15) is 0 Å². The molecule has 162 valence electrons. The molecule has 1 aliphatic carbocycles. The lowest BCUT2D eigenvalue weighted by molar-refractivity contribution is -0.176. The van der Waals surface area contributed by atoms with Crippen molar-refractivity contribution in [2.24, 2.45) is 23.7 Å². The van der Waals surface area contributed by atoms with Crippen LogP contribution in [0.5, 0.6) is 0 Å². The van der Waals surface area contributed by atoms with Gasteiger partial charge < -0.3 is 15.3 Å². The lowest BCUT2D eigenvalue weighted by Gasteiger charge is -2.48. The second-order valence-corrected chi connectivity index (χ2v) is 8.31. The fourth-order valence-corrected chi connectivity index (χ4v) is 4.73. The molecule has 0 aliphatic heterocycles. The molecule has 0 aromatic heterocycles. The highest BCUT2D eigenvalue weighted by atomic mass is 16.4. The average Bonchev–Trinajstić information content (AvgIpc) is 2.60. The molecule has 1 aliphatic rings. The molecule has 6 nitrogen and oxygen atoms in total. The highest BCUT2D eigenvalue weighted by Gasteiger charge is 2.56. The van der Waals surface area contributed by atoms with Crippen LogP contribution in [0.2, 0.25) is 0 Å². The molecular formula is C22H38O6. The molecule has 0 heterocycles. The molecule has 3 N–H and O–H groups in total. The number of carboxylic acids is 3. The predicted octanol–water partition coefficient (Wildman–Crippen LogP) is 5.20. The number of rotatable bonds is 17. The van der Waals surface area contributed by atoms with E-state index in [1.54, 1.807) is 0 Å². The maximum absolute atomic E-state index is 11.6. The smallest absolute Gasteiger partial charge is 0.307 e. The first kappa shape index (κ1) is 24.4. The summed E-state index contributed by atoms with van der Waals surface area (Å²) in [5.41, 5.74) is 0. The van der Waals surface area contributed by atoms with Crippen LogP contribution in [0.25, 0.3) is 0 Å². The Kier molecular flexibility index (Phi) is 11.8. The summed E-state index contributed by atoms with van der Waals surface area (Å²) in [6.45, 7) is 2.18. The first-order chi connectivity index (χ1) is 13.4. The molecule has 6 heteroatoms. The highest BCUT2D eigenvalue weighted by Crippen LogP contribution is 2.51. The third-order valence-electron chi connectivity index (χ3n) is 6.25. The van der Waals surface area contributed by atoms with Gasteiger partial charge in [0.15, 0.2) is 0 Å². The maximum atomic E-state index is 11.6. The van der Waals surface area contributed by atoms with Crippen LogP contribution in [0.15, 0.2) is 0 Å².